The summed E-state index contributed by atoms with van der Waals surface area (Å²) < 4.78 is 10.2. The van der Waals surface area contributed by atoms with E-state index in [1.54, 1.807) is 13.8 Å². The molecule has 0 aromatic heterocycles. The number of carbonyl (C=O) groups excluding carboxylic acids is 1. The molecule has 1 atom stereocenters. The van der Waals surface area contributed by atoms with Crippen LogP contribution in [-0.2, 0) is 14.3 Å². The van der Waals surface area contributed by atoms with Crippen molar-refractivity contribution < 1.29 is 14.3 Å². The van der Waals surface area contributed by atoms with Crippen molar-refractivity contribution in [2.45, 2.75) is 33.3 Å². The molecule has 0 rings (SSSR count). The Morgan fingerprint density at radius 3 is 2.62 bits per heavy atom. The summed E-state index contributed by atoms with van der Waals surface area (Å²) in [6.45, 7) is 10.1. The first-order valence-corrected chi connectivity index (χ1v) is 4.52. The first-order valence-electron chi connectivity index (χ1n) is 4.52. The Balaban J connectivity index is 3.55. The topological polar surface area (TPSA) is 35.5 Å². The van der Waals surface area contributed by atoms with Crippen molar-refractivity contribution in [3.8, 4) is 0 Å². The summed E-state index contributed by atoms with van der Waals surface area (Å²) in [5.74, 6) is -0.354. The lowest BCUT2D eigenvalue weighted by Crippen LogP contribution is -2.20. The van der Waals surface area contributed by atoms with E-state index in [-0.39, 0.29) is 12.1 Å². The van der Waals surface area contributed by atoms with Crippen LogP contribution in [0.25, 0.3) is 0 Å². The highest BCUT2D eigenvalue weighted by Crippen LogP contribution is 1.98. The van der Waals surface area contributed by atoms with Crippen LogP contribution in [0.3, 0.4) is 0 Å². The van der Waals surface area contributed by atoms with Gasteiger partial charge in [-0.05, 0) is 20.3 Å². The van der Waals surface area contributed by atoms with Crippen LogP contribution in [0.2, 0.25) is 0 Å². The van der Waals surface area contributed by atoms with Gasteiger partial charge in [0.05, 0.1) is 6.61 Å². The average molecular weight is 186 g/mol. The maximum atomic E-state index is 11.0. The first kappa shape index (κ1) is 12.2. The molecule has 0 saturated carbocycles. The second-order valence-electron chi connectivity index (χ2n) is 3.07. The summed E-state index contributed by atoms with van der Waals surface area (Å²) in [4.78, 5) is 11.0. The van der Waals surface area contributed by atoms with Gasteiger partial charge in [-0.25, -0.2) is 4.79 Å². The zero-order valence-corrected chi connectivity index (χ0v) is 8.63. The predicted molar refractivity (Wildman–Crippen MR) is 51.5 cm³/mol. The van der Waals surface area contributed by atoms with Crippen molar-refractivity contribution in [1.82, 2.24) is 0 Å². The van der Waals surface area contributed by atoms with Gasteiger partial charge in [-0.1, -0.05) is 13.5 Å². The normalized spacial score (nSPS) is 12.2. The van der Waals surface area contributed by atoms with E-state index in [2.05, 4.69) is 6.58 Å². The zero-order chi connectivity index (χ0) is 10.3. The Bertz CT molecular complexity index is 175. The van der Waals surface area contributed by atoms with Crippen LogP contribution in [0, 0.1) is 0 Å². The van der Waals surface area contributed by atoms with Gasteiger partial charge in [0.25, 0.3) is 0 Å². The molecule has 0 fully saturated rings. The van der Waals surface area contributed by atoms with Gasteiger partial charge in [0, 0.05) is 12.2 Å². The van der Waals surface area contributed by atoms with E-state index < -0.39 is 0 Å². The second-order valence-corrected chi connectivity index (χ2v) is 3.07. The summed E-state index contributed by atoms with van der Waals surface area (Å²) in [6.07, 6.45) is 0.775. The molecule has 0 N–H and O–H groups in total. The highest BCUT2D eigenvalue weighted by molar-refractivity contribution is 5.87. The van der Waals surface area contributed by atoms with Gasteiger partial charge in [0.2, 0.25) is 0 Å². The van der Waals surface area contributed by atoms with E-state index in [1.807, 2.05) is 6.92 Å². The molecule has 0 aromatic carbocycles. The molecule has 13 heavy (non-hydrogen) atoms. The number of rotatable bonds is 6. The quantitative estimate of drug-likeness (QED) is 0.361. The molecule has 0 amide bonds. The molecule has 0 aliphatic carbocycles. The number of hydrogen-bond acceptors (Lipinski definition) is 3. The summed E-state index contributed by atoms with van der Waals surface area (Å²) in [5, 5.41) is 0. The van der Waals surface area contributed by atoms with Crippen LogP contribution < -0.4 is 0 Å². The van der Waals surface area contributed by atoms with E-state index in [4.69, 9.17) is 9.47 Å². The Kier molecular flexibility index (Phi) is 6.24. The molecule has 1 unspecified atom stereocenters. The molecular weight excluding hydrogens is 168 g/mol. The van der Waals surface area contributed by atoms with E-state index in [1.165, 1.54) is 0 Å². The van der Waals surface area contributed by atoms with Gasteiger partial charge < -0.3 is 9.47 Å². The van der Waals surface area contributed by atoms with Gasteiger partial charge in [-0.15, -0.1) is 0 Å². The van der Waals surface area contributed by atoms with Crippen molar-refractivity contribution in [2.75, 3.05) is 13.2 Å². The Morgan fingerprint density at radius 1 is 1.54 bits per heavy atom. The molecule has 3 nitrogen and oxygen atoms in total. The van der Waals surface area contributed by atoms with Crippen LogP contribution in [0.4, 0.5) is 0 Å². The van der Waals surface area contributed by atoms with Crippen LogP contribution in [0.1, 0.15) is 27.2 Å². The highest BCUT2D eigenvalue weighted by Gasteiger charge is 2.09. The minimum absolute atomic E-state index is 0.198. The molecular formula is C10H18O3. The van der Waals surface area contributed by atoms with E-state index in [9.17, 15) is 4.79 Å². The monoisotopic (exact) mass is 186 g/mol. The van der Waals surface area contributed by atoms with Crippen LogP contribution in [-0.4, -0.2) is 25.3 Å². The van der Waals surface area contributed by atoms with Crippen LogP contribution >= 0.6 is 0 Å². The average Bonchev–Trinajstić information content (AvgIpc) is 2.04. The second kappa shape index (κ2) is 6.66. The van der Waals surface area contributed by atoms with Gasteiger partial charge in [0.1, 0.15) is 6.10 Å². The molecule has 3 heteroatoms. The molecule has 0 aliphatic heterocycles. The molecule has 76 valence electrons. The zero-order valence-electron chi connectivity index (χ0n) is 8.63. The van der Waals surface area contributed by atoms with Crippen molar-refractivity contribution in [2.24, 2.45) is 0 Å². The standard InChI is InChI=1S/C10H18O3/c1-5-6-12-7-9(4)13-10(11)8(2)3/h9H,2,5-7H2,1,3-4H3. The van der Waals surface area contributed by atoms with E-state index in [0.29, 0.717) is 18.8 Å². The highest BCUT2D eigenvalue weighted by atomic mass is 16.6. The van der Waals surface area contributed by atoms with E-state index in [0.717, 1.165) is 6.42 Å². The number of carbonyl (C=O) groups is 1. The molecule has 0 aromatic rings. The van der Waals surface area contributed by atoms with Gasteiger partial charge in [-0.3, -0.25) is 0 Å². The summed E-state index contributed by atoms with van der Waals surface area (Å²) >= 11 is 0. The van der Waals surface area contributed by atoms with E-state index >= 15 is 0 Å². The minimum atomic E-state index is -0.354. The molecule has 0 heterocycles. The Hall–Kier alpha value is -0.830. The molecule has 0 radical (unpaired) electrons. The Labute approximate surface area is 79.7 Å². The maximum Gasteiger partial charge on any atom is 0.333 e. The predicted octanol–water partition coefficient (Wildman–Crippen LogP) is 1.92. The third-order valence-electron chi connectivity index (χ3n) is 1.36. The van der Waals surface area contributed by atoms with Crippen molar-refractivity contribution in [3.05, 3.63) is 12.2 Å². The van der Waals surface area contributed by atoms with Crippen molar-refractivity contribution in [3.63, 3.8) is 0 Å². The lowest BCUT2D eigenvalue weighted by molar-refractivity contribution is -0.146. The fourth-order valence-corrected chi connectivity index (χ4v) is 0.711. The Morgan fingerprint density at radius 2 is 2.15 bits per heavy atom. The first-order chi connectivity index (χ1) is 6.07. The third-order valence-corrected chi connectivity index (χ3v) is 1.36. The largest absolute Gasteiger partial charge is 0.457 e. The van der Waals surface area contributed by atoms with Gasteiger partial charge >= 0.3 is 5.97 Å². The fraction of sp³-hybridized carbons (Fsp3) is 0.700. The lowest BCUT2D eigenvalue weighted by Gasteiger charge is -2.12. The fourth-order valence-electron chi connectivity index (χ4n) is 0.711. The molecule has 0 spiro atoms. The van der Waals surface area contributed by atoms with Crippen LogP contribution in [0.15, 0.2) is 12.2 Å². The maximum absolute atomic E-state index is 11.0. The minimum Gasteiger partial charge on any atom is -0.457 e. The summed E-state index contributed by atoms with van der Waals surface area (Å²) in [5.41, 5.74) is 0.419. The molecule has 0 saturated heterocycles. The van der Waals surface area contributed by atoms with Crippen molar-refractivity contribution >= 4 is 5.97 Å². The molecule has 0 bridgehead atoms. The van der Waals surface area contributed by atoms with Crippen LogP contribution in [0.5, 0.6) is 0 Å². The smallest absolute Gasteiger partial charge is 0.333 e. The SMILES string of the molecule is C=C(C)C(=O)OC(C)COCCC. The van der Waals surface area contributed by atoms with Crippen molar-refractivity contribution in [1.29, 1.82) is 0 Å². The summed E-state index contributed by atoms with van der Waals surface area (Å²) in [6, 6.07) is 0. The summed E-state index contributed by atoms with van der Waals surface area (Å²) in [7, 11) is 0. The number of esters is 1. The molecule has 0 aliphatic rings. The van der Waals surface area contributed by atoms with Gasteiger partial charge in [-0.2, -0.15) is 0 Å². The third kappa shape index (κ3) is 6.34. The van der Waals surface area contributed by atoms with Gasteiger partial charge in [0.15, 0.2) is 0 Å². The lowest BCUT2D eigenvalue weighted by atomic mass is 10.3. The number of ether oxygens (including phenoxy) is 2. The number of hydrogen-bond donors (Lipinski definition) is 0.